The van der Waals surface area contributed by atoms with Crippen LogP contribution in [0.2, 0.25) is 0 Å². The highest BCUT2D eigenvalue weighted by molar-refractivity contribution is 5.84. The summed E-state index contributed by atoms with van der Waals surface area (Å²) in [6.07, 6.45) is 8.91. The van der Waals surface area contributed by atoms with Crippen LogP contribution in [0.4, 0.5) is 5.69 Å². The van der Waals surface area contributed by atoms with Crippen LogP contribution in [-0.4, -0.2) is 26.1 Å². The first-order valence-corrected chi connectivity index (χ1v) is 11.2. The van der Waals surface area contributed by atoms with Crippen LogP contribution in [0.25, 0.3) is 11.3 Å². The number of aromatic nitrogens is 4. The van der Waals surface area contributed by atoms with Gasteiger partial charge in [0.2, 0.25) is 0 Å². The summed E-state index contributed by atoms with van der Waals surface area (Å²) in [5, 5.41) is 16.0. The number of carbonyl (C=O) groups excluding carboxylic acids is 1. The maximum atomic E-state index is 13.2. The van der Waals surface area contributed by atoms with Crippen LogP contribution >= 0.6 is 0 Å². The van der Waals surface area contributed by atoms with Crippen LogP contribution in [0.5, 0.6) is 5.75 Å². The Morgan fingerprint density at radius 3 is 2.76 bits per heavy atom. The van der Waals surface area contributed by atoms with Crippen LogP contribution < -0.4 is 4.74 Å². The molecule has 1 unspecified atom stereocenters. The average molecular weight is 453 g/mol. The van der Waals surface area contributed by atoms with Gasteiger partial charge in [-0.25, -0.2) is 0 Å². The topological polar surface area (TPSA) is 105 Å². The number of nitrogens with one attached hydrogen (secondary N) is 1. The average Bonchev–Trinajstić information content (AvgIpc) is 3.30. The van der Waals surface area contributed by atoms with E-state index in [1.165, 1.54) is 0 Å². The predicted octanol–water partition coefficient (Wildman–Crippen LogP) is 5.25. The van der Waals surface area contributed by atoms with Gasteiger partial charge in [-0.2, -0.15) is 5.10 Å². The lowest BCUT2D eigenvalue weighted by Gasteiger charge is -2.29. The van der Waals surface area contributed by atoms with Crippen molar-refractivity contribution in [2.45, 2.75) is 32.8 Å². The Morgan fingerprint density at radius 1 is 1.09 bits per heavy atom. The molecule has 0 aliphatic heterocycles. The van der Waals surface area contributed by atoms with E-state index < -0.39 is 5.41 Å². The quantitative estimate of drug-likeness (QED) is 0.402. The van der Waals surface area contributed by atoms with Crippen molar-refractivity contribution >= 4 is 11.6 Å². The third-order valence-corrected chi connectivity index (χ3v) is 6.15. The van der Waals surface area contributed by atoms with Gasteiger partial charge >= 0.3 is 0 Å². The molecule has 34 heavy (non-hydrogen) atoms. The minimum absolute atomic E-state index is 0.248. The van der Waals surface area contributed by atoms with E-state index in [0.717, 1.165) is 34.5 Å². The van der Waals surface area contributed by atoms with Crippen molar-refractivity contribution in [1.82, 2.24) is 20.2 Å². The molecule has 0 bridgehead atoms. The molecule has 1 aromatic carbocycles. The summed E-state index contributed by atoms with van der Waals surface area (Å²) in [5.74, 6) is 0.316. The van der Waals surface area contributed by atoms with Gasteiger partial charge in [0.05, 0.1) is 11.1 Å². The summed E-state index contributed by atoms with van der Waals surface area (Å²) in [7, 11) is 0. The van der Waals surface area contributed by atoms with Gasteiger partial charge in [-0.3, -0.25) is 19.9 Å². The second-order valence-corrected chi connectivity index (χ2v) is 8.63. The molecule has 0 saturated carbocycles. The number of benzene rings is 1. The van der Waals surface area contributed by atoms with E-state index in [9.17, 15) is 4.79 Å². The minimum atomic E-state index is -0.659. The van der Waals surface area contributed by atoms with Crippen LogP contribution in [0.3, 0.4) is 0 Å². The second-order valence-electron chi connectivity index (χ2n) is 8.63. The number of azo groups is 1. The van der Waals surface area contributed by atoms with Gasteiger partial charge in [-0.05, 0) is 49.6 Å². The lowest BCUT2D eigenvalue weighted by atomic mass is 9.73. The maximum Gasteiger partial charge on any atom is 0.270 e. The van der Waals surface area contributed by atoms with E-state index in [0.29, 0.717) is 30.9 Å². The Labute approximate surface area is 197 Å². The number of pyridine rings is 2. The van der Waals surface area contributed by atoms with E-state index in [4.69, 9.17) is 4.74 Å². The van der Waals surface area contributed by atoms with E-state index in [2.05, 4.69) is 30.4 Å². The maximum absolute atomic E-state index is 13.2. The Morgan fingerprint density at radius 2 is 1.94 bits per heavy atom. The first kappa shape index (κ1) is 21.6. The molecule has 5 rings (SSSR count). The van der Waals surface area contributed by atoms with Crippen LogP contribution in [0.1, 0.15) is 30.2 Å². The van der Waals surface area contributed by atoms with Crippen LogP contribution in [0.15, 0.2) is 83.5 Å². The molecule has 8 nitrogen and oxygen atoms in total. The number of fused-ring (bicyclic) bond motifs is 1. The number of nitrogens with zero attached hydrogens (tertiary/aromatic N) is 5. The first-order valence-electron chi connectivity index (χ1n) is 11.2. The zero-order valence-corrected chi connectivity index (χ0v) is 18.8. The summed E-state index contributed by atoms with van der Waals surface area (Å²) < 4.78 is 5.90. The Balaban J connectivity index is 1.33. The van der Waals surface area contributed by atoms with Gasteiger partial charge in [-0.15, -0.1) is 10.2 Å². The Bertz CT molecular complexity index is 1320. The van der Waals surface area contributed by atoms with E-state index in [-0.39, 0.29) is 5.91 Å². The molecular formula is C26H24N6O2. The van der Waals surface area contributed by atoms with Crippen molar-refractivity contribution in [3.8, 4) is 17.0 Å². The minimum Gasteiger partial charge on any atom is -0.487 e. The fraction of sp³-hybridized carbons (Fsp3) is 0.231. The fourth-order valence-electron chi connectivity index (χ4n) is 4.14. The molecule has 1 aliphatic rings. The molecule has 0 radical (unpaired) electrons. The van der Waals surface area contributed by atoms with Gasteiger partial charge in [0.25, 0.3) is 5.91 Å². The highest BCUT2D eigenvalue weighted by Crippen LogP contribution is 2.40. The van der Waals surface area contributed by atoms with E-state index >= 15 is 0 Å². The van der Waals surface area contributed by atoms with Crippen molar-refractivity contribution in [2.75, 3.05) is 0 Å². The number of para-hydroxylation sites is 1. The van der Waals surface area contributed by atoms with E-state index in [1.807, 2.05) is 49.4 Å². The number of hydrogen-bond donors (Lipinski definition) is 1. The third kappa shape index (κ3) is 4.47. The molecule has 0 saturated heterocycles. The van der Waals surface area contributed by atoms with Gasteiger partial charge in [0.15, 0.2) is 0 Å². The summed E-state index contributed by atoms with van der Waals surface area (Å²) in [4.78, 5) is 21.4. The Kier molecular flexibility index (Phi) is 5.95. The summed E-state index contributed by atoms with van der Waals surface area (Å²) >= 11 is 0. The predicted molar refractivity (Wildman–Crippen MR) is 126 cm³/mol. The van der Waals surface area contributed by atoms with Crippen LogP contribution in [0, 0.1) is 5.41 Å². The standard InChI is InChI=1S/C26H24N6O2/c1-26(11-8-21-20(15-26)24(31-29-21)19-9-13-27-14-10-19)25(33)32-30-22-6-2-3-7-23(22)34-17-18-5-4-12-28-16-18/h2-7,9-10,12-14,16H,8,11,15,17H2,1H3,(H,29,31). The van der Waals surface area contributed by atoms with Gasteiger partial charge in [-0.1, -0.05) is 25.1 Å². The number of ether oxygens (including phenoxy) is 1. The molecule has 0 fully saturated rings. The van der Waals surface area contributed by atoms with Crippen molar-refractivity contribution < 1.29 is 9.53 Å². The normalized spacial score (nSPS) is 17.4. The van der Waals surface area contributed by atoms with Gasteiger partial charge < -0.3 is 4.74 Å². The number of H-pyrrole nitrogens is 1. The molecule has 3 aromatic heterocycles. The monoisotopic (exact) mass is 452 g/mol. The highest BCUT2D eigenvalue weighted by Gasteiger charge is 2.39. The molecule has 1 atom stereocenters. The largest absolute Gasteiger partial charge is 0.487 e. The van der Waals surface area contributed by atoms with Gasteiger partial charge in [0.1, 0.15) is 18.0 Å². The molecule has 0 spiro atoms. The van der Waals surface area contributed by atoms with Crippen molar-refractivity contribution in [2.24, 2.45) is 15.6 Å². The highest BCUT2D eigenvalue weighted by atomic mass is 16.5. The smallest absolute Gasteiger partial charge is 0.270 e. The van der Waals surface area contributed by atoms with E-state index in [1.54, 1.807) is 30.9 Å². The SMILES string of the molecule is CC1(C(=O)N=Nc2ccccc2OCc2cccnc2)CCc2[nH]nc(-c3ccncc3)c2C1. The van der Waals surface area contributed by atoms with Crippen LogP contribution in [-0.2, 0) is 24.2 Å². The first-order chi connectivity index (χ1) is 16.6. The zero-order chi connectivity index (χ0) is 23.4. The summed E-state index contributed by atoms with van der Waals surface area (Å²) in [6.45, 7) is 2.30. The number of amides is 1. The van der Waals surface area contributed by atoms with Crippen molar-refractivity contribution in [3.63, 3.8) is 0 Å². The Hall–Kier alpha value is -4.20. The molecule has 8 heteroatoms. The summed E-state index contributed by atoms with van der Waals surface area (Å²) in [5.41, 5.74) is 4.77. The molecule has 1 aliphatic carbocycles. The third-order valence-electron chi connectivity index (χ3n) is 6.15. The molecule has 4 aromatic rings. The number of carbonyl (C=O) groups is 1. The number of hydrogen-bond acceptors (Lipinski definition) is 6. The lowest BCUT2D eigenvalue weighted by molar-refractivity contribution is -0.127. The summed E-state index contributed by atoms with van der Waals surface area (Å²) in [6, 6.07) is 15.0. The molecule has 1 amide bonds. The molecule has 170 valence electrons. The molecule has 3 heterocycles. The van der Waals surface area contributed by atoms with Gasteiger partial charge in [0, 0.05) is 47.2 Å². The number of rotatable bonds is 6. The molecular weight excluding hydrogens is 428 g/mol. The number of aromatic amines is 1. The molecule has 1 N–H and O–H groups in total. The number of aryl methyl sites for hydroxylation is 1. The fourth-order valence-corrected chi connectivity index (χ4v) is 4.14. The zero-order valence-electron chi connectivity index (χ0n) is 18.8. The lowest BCUT2D eigenvalue weighted by Crippen LogP contribution is -2.33. The van der Waals surface area contributed by atoms with Crippen molar-refractivity contribution in [1.29, 1.82) is 0 Å². The van der Waals surface area contributed by atoms with Crippen molar-refractivity contribution in [3.05, 3.63) is 90.1 Å². The second kappa shape index (κ2) is 9.35.